The second-order valence-electron chi connectivity index (χ2n) is 13.1. The summed E-state index contributed by atoms with van der Waals surface area (Å²) in [5.74, 6) is 5.25. The van der Waals surface area contributed by atoms with E-state index < -0.39 is 0 Å². The van der Waals surface area contributed by atoms with Crippen LogP contribution >= 0.6 is 0 Å². The molecule has 1 amide bonds. The van der Waals surface area contributed by atoms with Crippen molar-refractivity contribution in [2.75, 3.05) is 6.54 Å². The Kier molecular flexibility index (Phi) is 7.56. The van der Waals surface area contributed by atoms with Crippen LogP contribution in [0.4, 0.5) is 4.79 Å². The third-order valence-electron chi connectivity index (χ3n) is 10.9. The van der Waals surface area contributed by atoms with Gasteiger partial charge < -0.3 is 10.1 Å². The van der Waals surface area contributed by atoms with Gasteiger partial charge in [0, 0.05) is 13.0 Å². The Morgan fingerprint density at radius 3 is 2.61 bits per heavy atom. The van der Waals surface area contributed by atoms with E-state index in [1.807, 2.05) is 6.92 Å². The lowest BCUT2D eigenvalue weighted by molar-refractivity contribution is -0.0581. The molecule has 0 aromatic carbocycles. The highest BCUT2D eigenvalue weighted by molar-refractivity contribution is 5.67. The molecule has 0 spiro atoms. The zero-order chi connectivity index (χ0) is 23.8. The molecule has 3 fully saturated rings. The lowest BCUT2D eigenvalue weighted by atomic mass is 9.47. The summed E-state index contributed by atoms with van der Waals surface area (Å²) < 4.78 is 5.74. The Morgan fingerprint density at radius 1 is 1.09 bits per heavy atom. The van der Waals surface area contributed by atoms with E-state index in [0.717, 1.165) is 48.3 Å². The molecule has 3 nitrogen and oxygen atoms in total. The maximum absolute atomic E-state index is 12.0. The molecular weight excluding hydrogens is 406 g/mol. The molecule has 4 rings (SSSR count). The number of rotatable bonds is 7. The van der Waals surface area contributed by atoms with Gasteiger partial charge in [0.25, 0.3) is 0 Å². The van der Waals surface area contributed by atoms with Crippen molar-refractivity contribution in [3.05, 3.63) is 11.6 Å². The predicted octanol–water partition coefficient (Wildman–Crippen LogP) is 8.14. The van der Waals surface area contributed by atoms with Gasteiger partial charge in [0.2, 0.25) is 0 Å². The molecule has 0 heterocycles. The van der Waals surface area contributed by atoms with Crippen molar-refractivity contribution in [1.82, 2.24) is 5.32 Å². The number of hydrogen-bond donors (Lipinski definition) is 1. The summed E-state index contributed by atoms with van der Waals surface area (Å²) >= 11 is 0. The minimum atomic E-state index is -0.242. The van der Waals surface area contributed by atoms with E-state index in [9.17, 15) is 4.79 Å². The number of ether oxygens (including phenoxy) is 1. The van der Waals surface area contributed by atoms with Gasteiger partial charge in [-0.3, -0.25) is 0 Å². The van der Waals surface area contributed by atoms with E-state index in [-0.39, 0.29) is 12.2 Å². The number of carbonyl (C=O) groups excluding carboxylic acids is 1. The molecule has 3 heteroatoms. The molecule has 33 heavy (non-hydrogen) atoms. The molecule has 8 atom stereocenters. The Hall–Kier alpha value is -0.990. The van der Waals surface area contributed by atoms with Crippen LogP contribution in [0.2, 0.25) is 0 Å². The fourth-order valence-electron chi connectivity index (χ4n) is 9.09. The molecule has 3 saturated carbocycles. The minimum absolute atomic E-state index is 0.0591. The molecule has 1 N–H and O–H groups in total. The largest absolute Gasteiger partial charge is 0.446 e. The first-order valence-corrected chi connectivity index (χ1v) is 14.3. The SMILES string of the molecule is CCNC(=O)OC1CC[C@@]2(C)C(=CC[C@H]3[C@@H]4CC[C@H]([C@H](C)CCCC(C)C)[C@@]4(C)CC[C@@H]32)C1. The van der Waals surface area contributed by atoms with Crippen molar-refractivity contribution in [1.29, 1.82) is 0 Å². The van der Waals surface area contributed by atoms with E-state index in [1.54, 1.807) is 5.57 Å². The van der Waals surface area contributed by atoms with Gasteiger partial charge >= 0.3 is 6.09 Å². The van der Waals surface area contributed by atoms with Crippen LogP contribution in [-0.4, -0.2) is 18.7 Å². The van der Waals surface area contributed by atoms with Gasteiger partial charge in [0.15, 0.2) is 0 Å². The number of alkyl carbamates (subject to hydrolysis) is 1. The molecule has 4 aliphatic rings. The zero-order valence-electron chi connectivity index (χ0n) is 22.4. The topological polar surface area (TPSA) is 38.3 Å². The average molecular weight is 458 g/mol. The van der Waals surface area contributed by atoms with Crippen LogP contribution in [0.25, 0.3) is 0 Å². The van der Waals surface area contributed by atoms with E-state index in [4.69, 9.17) is 4.74 Å². The number of hydrogen-bond acceptors (Lipinski definition) is 2. The predicted molar refractivity (Wildman–Crippen MR) is 137 cm³/mol. The summed E-state index contributed by atoms with van der Waals surface area (Å²) in [5, 5.41) is 2.80. The summed E-state index contributed by atoms with van der Waals surface area (Å²) in [5.41, 5.74) is 2.48. The maximum atomic E-state index is 12.0. The summed E-state index contributed by atoms with van der Waals surface area (Å²) in [6.07, 6.45) is 16.8. The molecule has 0 aliphatic heterocycles. The van der Waals surface area contributed by atoms with E-state index in [2.05, 4.69) is 46.0 Å². The van der Waals surface area contributed by atoms with Crippen LogP contribution in [0.15, 0.2) is 11.6 Å². The first-order chi connectivity index (χ1) is 15.7. The smallest absolute Gasteiger partial charge is 0.407 e. The zero-order valence-corrected chi connectivity index (χ0v) is 22.4. The lowest BCUT2D eigenvalue weighted by Crippen LogP contribution is -2.51. The maximum Gasteiger partial charge on any atom is 0.407 e. The Bertz CT molecular complexity index is 729. The van der Waals surface area contributed by atoms with Gasteiger partial charge in [-0.1, -0.05) is 65.5 Å². The number of allylic oxidation sites excluding steroid dienone is 1. The average Bonchev–Trinajstić information content (AvgIpc) is 3.11. The quantitative estimate of drug-likeness (QED) is 0.392. The van der Waals surface area contributed by atoms with E-state index in [0.29, 0.717) is 17.4 Å². The minimum Gasteiger partial charge on any atom is -0.446 e. The number of fused-ring (bicyclic) bond motifs is 5. The number of nitrogens with one attached hydrogen (secondary N) is 1. The highest BCUT2D eigenvalue weighted by atomic mass is 16.6. The molecular formula is C30H51NO2. The van der Waals surface area contributed by atoms with Crippen LogP contribution in [0.3, 0.4) is 0 Å². The summed E-state index contributed by atoms with van der Waals surface area (Å²) in [6.45, 7) is 15.1. The van der Waals surface area contributed by atoms with Crippen molar-refractivity contribution in [3.8, 4) is 0 Å². The Morgan fingerprint density at radius 2 is 1.88 bits per heavy atom. The first kappa shape index (κ1) is 25.1. The molecule has 0 radical (unpaired) electrons. The van der Waals surface area contributed by atoms with Crippen molar-refractivity contribution in [2.45, 2.75) is 118 Å². The monoisotopic (exact) mass is 457 g/mol. The summed E-state index contributed by atoms with van der Waals surface area (Å²) in [6, 6.07) is 0. The van der Waals surface area contributed by atoms with Crippen LogP contribution < -0.4 is 5.32 Å². The third kappa shape index (κ3) is 4.76. The lowest BCUT2D eigenvalue weighted by Gasteiger charge is -2.58. The summed E-state index contributed by atoms with van der Waals surface area (Å²) in [4.78, 5) is 12.0. The fraction of sp³-hybridized carbons (Fsp3) is 0.900. The van der Waals surface area contributed by atoms with Crippen molar-refractivity contribution in [3.63, 3.8) is 0 Å². The van der Waals surface area contributed by atoms with Crippen molar-refractivity contribution < 1.29 is 9.53 Å². The highest BCUT2D eigenvalue weighted by Gasteiger charge is 2.59. The molecule has 188 valence electrons. The first-order valence-electron chi connectivity index (χ1n) is 14.3. The molecule has 0 aromatic rings. The third-order valence-corrected chi connectivity index (χ3v) is 10.9. The fourth-order valence-corrected chi connectivity index (χ4v) is 9.09. The molecule has 4 aliphatic carbocycles. The Balaban J connectivity index is 1.43. The Labute approximate surface area is 203 Å². The number of carbonyl (C=O) groups is 1. The van der Waals surface area contributed by atoms with Crippen LogP contribution in [0.5, 0.6) is 0 Å². The van der Waals surface area contributed by atoms with Gasteiger partial charge in [-0.25, -0.2) is 4.79 Å². The second-order valence-corrected chi connectivity index (χ2v) is 13.1. The van der Waals surface area contributed by atoms with E-state index in [1.165, 1.54) is 57.8 Å². The molecule has 1 unspecified atom stereocenters. The summed E-state index contributed by atoms with van der Waals surface area (Å²) in [7, 11) is 0. The van der Waals surface area contributed by atoms with Crippen molar-refractivity contribution in [2.24, 2.45) is 46.3 Å². The molecule has 0 bridgehead atoms. The normalized spacial score (nSPS) is 40.9. The van der Waals surface area contributed by atoms with Gasteiger partial charge in [-0.05, 0) is 98.2 Å². The number of amides is 1. The van der Waals surface area contributed by atoms with Gasteiger partial charge in [0.05, 0.1) is 0 Å². The second kappa shape index (κ2) is 9.94. The molecule has 0 aromatic heterocycles. The van der Waals surface area contributed by atoms with Crippen LogP contribution in [0.1, 0.15) is 112 Å². The van der Waals surface area contributed by atoms with Gasteiger partial charge in [-0.2, -0.15) is 0 Å². The van der Waals surface area contributed by atoms with Gasteiger partial charge in [-0.15, -0.1) is 0 Å². The van der Waals surface area contributed by atoms with Gasteiger partial charge in [0.1, 0.15) is 6.10 Å². The van der Waals surface area contributed by atoms with Crippen molar-refractivity contribution >= 4 is 6.09 Å². The standard InChI is InChI=1S/C30H51NO2/c1-7-31-28(32)33-23-15-17-29(5)22(19-23)11-12-24-26-14-13-25(21(4)10-8-9-20(2)3)30(26,6)18-16-27(24)29/h11,20-21,23-27H,7-10,12-19H2,1-6H3,(H,31,32)/t21-,23?,24+,25-,26+,27+,29+,30-/m1/s1. The van der Waals surface area contributed by atoms with Crippen LogP contribution in [-0.2, 0) is 4.74 Å². The highest BCUT2D eigenvalue weighted by Crippen LogP contribution is 2.67. The molecule has 0 saturated heterocycles. The van der Waals surface area contributed by atoms with Crippen LogP contribution in [0, 0.1) is 46.3 Å². The van der Waals surface area contributed by atoms with E-state index >= 15 is 0 Å².